The molecule has 0 N–H and O–H groups in total. The minimum atomic E-state index is 0.0135. The van der Waals surface area contributed by atoms with Crippen molar-refractivity contribution in [3.8, 4) is 11.5 Å². The van der Waals surface area contributed by atoms with Gasteiger partial charge in [-0.1, -0.05) is 36.4 Å². The second-order valence-electron chi connectivity index (χ2n) is 5.01. The van der Waals surface area contributed by atoms with Gasteiger partial charge in [-0.15, -0.1) is 0 Å². The number of hydrogen-bond acceptors (Lipinski definition) is 3. The van der Waals surface area contributed by atoms with Gasteiger partial charge in [-0.05, 0) is 38.1 Å². The van der Waals surface area contributed by atoms with Crippen LogP contribution in [-0.2, 0) is 4.74 Å². The summed E-state index contributed by atoms with van der Waals surface area (Å²) in [5.41, 5.74) is 0. The highest BCUT2D eigenvalue weighted by Gasteiger charge is 2.10. The fourth-order valence-corrected chi connectivity index (χ4v) is 1.94. The predicted molar refractivity (Wildman–Crippen MR) is 83.9 cm³/mol. The van der Waals surface area contributed by atoms with Crippen LogP contribution in [0.5, 0.6) is 11.5 Å². The molecule has 21 heavy (non-hydrogen) atoms. The molecule has 3 heteroatoms. The second-order valence-corrected chi connectivity index (χ2v) is 5.01. The highest BCUT2D eigenvalue weighted by Crippen LogP contribution is 2.11. The minimum absolute atomic E-state index is 0.0135. The van der Waals surface area contributed by atoms with Crippen LogP contribution >= 0.6 is 0 Å². The summed E-state index contributed by atoms with van der Waals surface area (Å²) >= 11 is 0. The van der Waals surface area contributed by atoms with E-state index in [1.165, 1.54) is 0 Å². The molecule has 0 amide bonds. The molecule has 0 fully saturated rings. The van der Waals surface area contributed by atoms with E-state index in [9.17, 15) is 0 Å². The third-order valence-corrected chi connectivity index (χ3v) is 2.92. The van der Waals surface area contributed by atoms with E-state index >= 15 is 0 Å². The Morgan fingerprint density at radius 3 is 1.43 bits per heavy atom. The zero-order valence-corrected chi connectivity index (χ0v) is 12.6. The Hall–Kier alpha value is -2.00. The van der Waals surface area contributed by atoms with Crippen molar-refractivity contribution in [2.75, 3.05) is 13.2 Å². The van der Waals surface area contributed by atoms with Crippen LogP contribution in [0.1, 0.15) is 13.8 Å². The summed E-state index contributed by atoms with van der Waals surface area (Å²) in [6.07, 6.45) is 0.0270. The van der Waals surface area contributed by atoms with Gasteiger partial charge in [-0.25, -0.2) is 0 Å². The largest absolute Gasteiger partial charge is 0.491 e. The molecule has 0 spiro atoms. The van der Waals surface area contributed by atoms with Crippen LogP contribution in [0, 0.1) is 0 Å². The summed E-state index contributed by atoms with van der Waals surface area (Å²) in [5.74, 6) is 1.72. The van der Waals surface area contributed by atoms with Crippen molar-refractivity contribution in [2.45, 2.75) is 26.1 Å². The fourth-order valence-electron chi connectivity index (χ4n) is 1.94. The maximum atomic E-state index is 5.84. The molecular formula is C18H22O3. The van der Waals surface area contributed by atoms with Crippen molar-refractivity contribution in [2.24, 2.45) is 0 Å². The van der Waals surface area contributed by atoms with E-state index in [-0.39, 0.29) is 12.2 Å². The van der Waals surface area contributed by atoms with E-state index in [4.69, 9.17) is 14.2 Å². The van der Waals surface area contributed by atoms with Gasteiger partial charge in [0.1, 0.15) is 24.7 Å². The molecule has 3 nitrogen and oxygen atoms in total. The average molecular weight is 286 g/mol. The highest BCUT2D eigenvalue weighted by atomic mass is 16.6. The lowest BCUT2D eigenvalue weighted by Crippen LogP contribution is -2.27. The van der Waals surface area contributed by atoms with Crippen molar-refractivity contribution >= 4 is 0 Å². The molecule has 0 aliphatic heterocycles. The highest BCUT2D eigenvalue weighted by molar-refractivity contribution is 5.21. The van der Waals surface area contributed by atoms with Gasteiger partial charge >= 0.3 is 0 Å². The van der Waals surface area contributed by atoms with Crippen molar-refractivity contribution in [1.82, 2.24) is 0 Å². The normalized spacial score (nSPS) is 13.4. The molecule has 0 bridgehead atoms. The molecule has 0 heterocycles. The monoisotopic (exact) mass is 286 g/mol. The van der Waals surface area contributed by atoms with Crippen LogP contribution < -0.4 is 9.47 Å². The van der Waals surface area contributed by atoms with Crippen LogP contribution in [0.3, 0.4) is 0 Å². The molecule has 0 saturated carbocycles. The molecule has 2 aromatic carbocycles. The summed E-state index contributed by atoms with van der Waals surface area (Å²) < 4.78 is 17.2. The van der Waals surface area contributed by atoms with Crippen LogP contribution in [0.2, 0.25) is 0 Å². The number of rotatable bonds is 8. The van der Waals surface area contributed by atoms with Crippen molar-refractivity contribution in [3.63, 3.8) is 0 Å². The first-order chi connectivity index (χ1) is 10.2. The van der Waals surface area contributed by atoms with Crippen molar-refractivity contribution in [3.05, 3.63) is 60.7 Å². The number of hydrogen-bond donors (Lipinski definition) is 0. The average Bonchev–Trinajstić information content (AvgIpc) is 2.53. The lowest BCUT2D eigenvalue weighted by molar-refractivity contribution is -0.0336. The first kappa shape index (κ1) is 15.4. The number of benzene rings is 2. The SMILES string of the molecule is CC(COc1ccccc1)OC(C)COc1ccccc1. The maximum Gasteiger partial charge on any atom is 0.119 e. The summed E-state index contributed by atoms with van der Waals surface area (Å²) in [7, 11) is 0. The summed E-state index contributed by atoms with van der Waals surface area (Å²) in [4.78, 5) is 0. The topological polar surface area (TPSA) is 27.7 Å². The Bertz CT molecular complexity index is 451. The molecule has 2 unspecified atom stereocenters. The molecule has 112 valence electrons. The summed E-state index contributed by atoms with van der Waals surface area (Å²) in [6.45, 7) is 5.06. The van der Waals surface area contributed by atoms with E-state index in [0.717, 1.165) is 11.5 Å². The van der Waals surface area contributed by atoms with Gasteiger partial charge in [-0.3, -0.25) is 0 Å². The summed E-state index contributed by atoms with van der Waals surface area (Å²) in [5, 5.41) is 0. The molecule has 2 aromatic rings. The fraction of sp³-hybridized carbons (Fsp3) is 0.333. The first-order valence-corrected chi connectivity index (χ1v) is 7.25. The van der Waals surface area contributed by atoms with E-state index in [1.54, 1.807) is 0 Å². The number of ether oxygens (including phenoxy) is 3. The number of para-hydroxylation sites is 2. The van der Waals surface area contributed by atoms with Gasteiger partial charge in [0.05, 0.1) is 12.2 Å². The molecule has 0 saturated heterocycles. The van der Waals surface area contributed by atoms with E-state index < -0.39 is 0 Å². The van der Waals surface area contributed by atoms with Gasteiger partial charge in [0, 0.05) is 0 Å². The van der Waals surface area contributed by atoms with E-state index in [2.05, 4.69) is 0 Å². The Morgan fingerprint density at radius 1 is 0.667 bits per heavy atom. The lowest BCUT2D eigenvalue weighted by Gasteiger charge is -2.20. The van der Waals surface area contributed by atoms with Gasteiger partial charge in [-0.2, -0.15) is 0 Å². The van der Waals surface area contributed by atoms with Gasteiger partial charge < -0.3 is 14.2 Å². The predicted octanol–water partition coefficient (Wildman–Crippen LogP) is 3.94. The van der Waals surface area contributed by atoms with Gasteiger partial charge in [0.15, 0.2) is 0 Å². The van der Waals surface area contributed by atoms with E-state index in [0.29, 0.717) is 13.2 Å². The maximum absolute atomic E-state index is 5.84. The summed E-state index contributed by atoms with van der Waals surface area (Å²) in [6, 6.07) is 19.5. The molecular weight excluding hydrogens is 264 g/mol. The van der Waals surface area contributed by atoms with Gasteiger partial charge in [0.25, 0.3) is 0 Å². The lowest BCUT2D eigenvalue weighted by atomic mass is 10.3. The quantitative estimate of drug-likeness (QED) is 0.735. The third-order valence-electron chi connectivity index (χ3n) is 2.92. The van der Waals surface area contributed by atoms with Crippen LogP contribution in [0.4, 0.5) is 0 Å². The molecule has 2 atom stereocenters. The zero-order valence-electron chi connectivity index (χ0n) is 12.6. The Balaban J connectivity index is 1.66. The molecule has 0 radical (unpaired) electrons. The zero-order chi connectivity index (χ0) is 14.9. The van der Waals surface area contributed by atoms with Crippen molar-refractivity contribution in [1.29, 1.82) is 0 Å². The second kappa shape index (κ2) is 8.32. The van der Waals surface area contributed by atoms with E-state index in [1.807, 2.05) is 74.5 Å². The van der Waals surface area contributed by atoms with Crippen LogP contribution in [0.25, 0.3) is 0 Å². The Labute approximate surface area is 126 Å². The third kappa shape index (κ3) is 5.88. The molecule has 2 rings (SSSR count). The first-order valence-electron chi connectivity index (χ1n) is 7.25. The molecule has 0 aliphatic rings. The molecule has 0 aliphatic carbocycles. The van der Waals surface area contributed by atoms with Gasteiger partial charge in [0.2, 0.25) is 0 Å². The Morgan fingerprint density at radius 2 is 1.05 bits per heavy atom. The minimum Gasteiger partial charge on any atom is -0.491 e. The standard InChI is InChI=1S/C18H22O3/c1-15(13-19-17-9-5-3-6-10-17)21-16(2)14-20-18-11-7-4-8-12-18/h3-12,15-16H,13-14H2,1-2H3. The van der Waals surface area contributed by atoms with Crippen LogP contribution in [0.15, 0.2) is 60.7 Å². The smallest absolute Gasteiger partial charge is 0.119 e. The Kier molecular flexibility index (Phi) is 6.10. The van der Waals surface area contributed by atoms with Crippen LogP contribution in [-0.4, -0.2) is 25.4 Å². The van der Waals surface area contributed by atoms with Crippen molar-refractivity contribution < 1.29 is 14.2 Å². The molecule has 0 aromatic heterocycles.